The molecule has 0 radical (unpaired) electrons. The molecule has 1 unspecified atom stereocenters. The molecule has 5 N–H and O–H groups in total. The highest BCUT2D eigenvalue weighted by molar-refractivity contribution is 6.27. The second-order valence-corrected chi connectivity index (χ2v) is 2.03. The molecule has 13 heavy (non-hydrogen) atoms. The molecule has 0 aromatic heterocycles. The van der Waals surface area contributed by atoms with Crippen molar-refractivity contribution in [1.82, 2.24) is 5.43 Å². The van der Waals surface area contributed by atoms with E-state index < -0.39 is 18.2 Å². The number of aliphatic carboxylic acids is 2. The van der Waals surface area contributed by atoms with Crippen molar-refractivity contribution < 1.29 is 24.2 Å². The molecule has 0 fully saturated rings. The molecule has 0 spiro atoms. The summed E-state index contributed by atoms with van der Waals surface area (Å²) in [5.41, 5.74) is 2.00. The summed E-state index contributed by atoms with van der Waals surface area (Å²) in [5.74, 6) is 1.08. The zero-order valence-corrected chi connectivity index (χ0v) is 7.16. The Hall–Kier alpha value is -1.21. The van der Waals surface area contributed by atoms with E-state index in [1.807, 2.05) is 12.3 Å². The van der Waals surface area contributed by atoms with Crippen molar-refractivity contribution in [3.05, 3.63) is 0 Å². The van der Waals surface area contributed by atoms with Crippen LogP contribution in [-0.2, 0) is 9.59 Å². The maximum absolute atomic E-state index is 11.9. The largest absolute Gasteiger partial charge is 0.473 e. The van der Waals surface area contributed by atoms with E-state index in [-0.39, 0.29) is 0 Å². The van der Waals surface area contributed by atoms with Gasteiger partial charge >= 0.3 is 11.9 Å². The Morgan fingerprint density at radius 1 is 1.46 bits per heavy atom. The Balaban J connectivity index is 0. The van der Waals surface area contributed by atoms with Gasteiger partial charge in [0.2, 0.25) is 0 Å². The maximum Gasteiger partial charge on any atom is 0.414 e. The average Bonchev–Trinajstić information content (AvgIpc) is 2.05. The highest BCUT2D eigenvalue weighted by Crippen LogP contribution is 1.93. The molecule has 0 aliphatic heterocycles. The minimum Gasteiger partial charge on any atom is -0.473 e. The second-order valence-electron chi connectivity index (χ2n) is 2.03. The lowest BCUT2D eigenvalue weighted by Crippen LogP contribution is -2.30. The first-order valence-corrected chi connectivity index (χ1v) is 3.52. The first-order valence-electron chi connectivity index (χ1n) is 3.52. The van der Waals surface area contributed by atoms with Gasteiger partial charge in [-0.1, -0.05) is 13.3 Å². The van der Waals surface area contributed by atoms with Gasteiger partial charge in [0, 0.05) is 0 Å². The molecule has 0 aliphatic rings. The molecule has 0 aromatic rings. The highest BCUT2D eigenvalue weighted by atomic mass is 19.1. The van der Waals surface area contributed by atoms with Crippen molar-refractivity contribution in [2.45, 2.75) is 26.1 Å². The van der Waals surface area contributed by atoms with Crippen LogP contribution in [0.4, 0.5) is 4.39 Å². The van der Waals surface area contributed by atoms with Gasteiger partial charge in [-0.2, -0.15) is 0 Å². The molecule has 0 amide bonds. The highest BCUT2D eigenvalue weighted by Gasteiger charge is 2.04. The SMILES string of the molecule is CCCC(F)NN.O=C(O)C(=O)O. The van der Waals surface area contributed by atoms with Crippen molar-refractivity contribution in [1.29, 1.82) is 0 Å². The van der Waals surface area contributed by atoms with E-state index in [2.05, 4.69) is 0 Å². The molecule has 0 heterocycles. The third-order valence-corrected chi connectivity index (χ3v) is 0.906. The summed E-state index contributed by atoms with van der Waals surface area (Å²) in [6.45, 7) is 1.91. The number of rotatable bonds is 3. The van der Waals surface area contributed by atoms with Crippen LogP contribution in [0.2, 0.25) is 0 Å². The number of nitrogens with two attached hydrogens (primary N) is 1. The molecule has 1 atom stereocenters. The second kappa shape index (κ2) is 8.88. The Bertz CT molecular complexity index is 153. The fraction of sp³-hybridized carbons (Fsp3) is 0.667. The Morgan fingerprint density at radius 3 is 1.92 bits per heavy atom. The van der Waals surface area contributed by atoms with E-state index in [1.54, 1.807) is 0 Å². The Kier molecular flexibility index (Phi) is 9.79. The lowest BCUT2D eigenvalue weighted by molar-refractivity contribution is -0.159. The van der Waals surface area contributed by atoms with Crippen molar-refractivity contribution in [2.75, 3.05) is 0 Å². The van der Waals surface area contributed by atoms with Crippen molar-refractivity contribution in [3.8, 4) is 0 Å². The summed E-state index contributed by atoms with van der Waals surface area (Å²) in [4.78, 5) is 18.2. The minimum atomic E-state index is -1.82. The van der Waals surface area contributed by atoms with Crippen LogP contribution in [0.3, 0.4) is 0 Å². The average molecular weight is 196 g/mol. The molecular formula is C6H13FN2O4. The van der Waals surface area contributed by atoms with Gasteiger partial charge in [-0.05, 0) is 6.42 Å². The first-order chi connectivity index (χ1) is 5.95. The van der Waals surface area contributed by atoms with Gasteiger partial charge in [-0.15, -0.1) is 0 Å². The smallest absolute Gasteiger partial charge is 0.414 e. The van der Waals surface area contributed by atoms with Crippen molar-refractivity contribution >= 4 is 11.9 Å². The predicted molar refractivity (Wildman–Crippen MR) is 42.4 cm³/mol. The van der Waals surface area contributed by atoms with Gasteiger partial charge in [0.15, 0.2) is 6.30 Å². The van der Waals surface area contributed by atoms with Crippen LogP contribution >= 0.6 is 0 Å². The molecule has 0 saturated heterocycles. The van der Waals surface area contributed by atoms with Crippen LogP contribution < -0.4 is 11.3 Å². The number of halogens is 1. The van der Waals surface area contributed by atoms with E-state index >= 15 is 0 Å². The number of carbonyl (C=O) groups is 2. The summed E-state index contributed by atoms with van der Waals surface area (Å²) in [6, 6.07) is 0. The first kappa shape index (κ1) is 14.3. The number of hydrogen-bond acceptors (Lipinski definition) is 4. The molecule has 6 nitrogen and oxygen atoms in total. The fourth-order valence-corrected chi connectivity index (χ4v) is 0.337. The molecular weight excluding hydrogens is 183 g/mol. The van der Waals surface area contributed by atoms with Gasteiger partial charge in [0.25, 0.3) is 0 Å². The number of alkyl halides is 1. The van der Waals surface area contributed by atoms with Crippen molar-refractivity contribution in [2.24, 2.45) is 5.84 Å². The molecule has 0 saturated carbocycles. The Morgan fingerprint density at radius 2 is 1.85 bits per heavy atom. The lowest BCUT2D eigenvalue weighted by atomic mass is 10.3. The van der Waals surface area contributed by atoms with Crippen LogP contribution in [0.1, 0.15) is 19.8 Å². The van der Waals surface area contributed by atoms with Crippen molar-refractivity contribution in [3.63, 3.8) is 0 Å². The van der Waals surface area contributed by atoms with Gasteiger partial charge < -0.3 is 10.2 Å². The quantitative estimate of drug-likeness (QED) is 0.213. The van der Waals surface area contributed by atoms with Gasteiger partial charge in [-0.3, -0.25) is 5.84 Å². The molecule has 0 rings (SSSR count). The van der Waals surface area contributed by atoms with Crippen LogP contribution in [0.25, 0.3) is 0 Å². The van der Waals surface area contributed by atoms with E-state index in [0.29, 0.717) is 6.42 Å². The summed E-state index contributed by atoms with van der Waals surface area (Å²) >= 11 is 0. The standard InChI is InChI=1S/C4H11FN2.C2H2O4/c1-2-3-4(5)7-6;3-1(4)2(5)6/h4,7H,2-3,6H2,1H3;(H,3,4)(H,5,6). The van der Waals surface area contributed by atoms with E-state index in [9.17, 15) is 4.39 Å². The molecule has 7 heteroatoms. The number of nitrogens with one attached hydrogen (secondary N) is 1. The zero-order chi connectivity index (χ0) is 10.9. The lowest BCUT2D eigenvalue weighted by Gasteiger charge is -2.00. The number of hydrogen-bond donors (Lipinski definition) is 4. The topological polar surface area (TPSA) is 113 Å². The number of carboxylic acids is 2. The van der Waals surface area contributed by atoms with E-state index in [4.69, 9.17) is 25.6 Å². The predicted octanol–water partition coefficient (Wildman–Crippen LogP) is -0.299. The summed E-state index contributed by atoms with van der Waals surface area (Å²) in [6.07, 6.45) is 0.298. The zero-order valence-electron chi connectivity index (χ0n) is 7.16. The van der Waals surface area contributed by atoms with Gasteiger partial charge in [0.1, 0.15) is 0 Å². The third-order valence-electron chi connectivity index (χ3n) is 0.906. The fourth-order valence-electron chi connectivity index (χ4n) is 0.337. The van der Waals surface area contributed by atoms with Crippen LogP contribution in [0.15, 0.2) is 0 Å². The van der Waals surface area contributed by atoms with E-state index in [1.165, 1.54) is 0 Å². The summed E-state index contributed by atoms with van der Waals surface area (Å²) < 4.78 is 11.9. The number of carboxylic acid groups (broad SMARTS) is 2. The molecule has 0 aliphatic carbocycles. The summed E-state index contributed by atoms with van der Waals surface area (Å²) in [5, 5.41) is 14.8. The van der Waals surface area contributed by atoms with Crippen LogP contribution in [0, 0.1) is 0 Å². The summed E-state index contributed by atoms with van der Waals surface area (Å²) in [7, 11) is 0. The third kappa shape index (κ3) is 13.7. The number of hydrazine groups is 1. The normalized spacial score (nSPS) is 11.0. The van der Waals surface area contributed by atoms with Gasteiger partial charge in [-0.25, -0.2) is 19.4 Å². The van der Waals surface area contributed by atoms with E-state index in [0.717, 1.165) is 6.42 Å². The molecule has 78 valence electrons. The monoisotopic (exact) mass is 196 g/mol. The van der Waals surface area contributed by atoms with Gasteiger partial charge in [0.05, 0.1) is 0 Å². The van der Waals surface area contributed by atoms with Crippen LogP contribution in [0.5, 0.6) is 0 Å². The maximum atomic E-state index is 11.9. The van der Waals surface area contributed by atoms with Crippen LogP contribution in [-0.4, -0.2) is 28.4 Å². The molecule has 0 aromatic carbocycles. The minimum absolute atomic E-state index is 0.497. The molecule has 0 bridgehead atoms. The Labute approximate surface area is 74.5 Å².